The van der Waals surface area contributed by atoms with Crippen LogP contribution in [0.3, 0.4) is 0 Å². The smallest absolute Gasteiger partial charge is 0.282 e. The number of nitrogens with zero attached hydrogens (tertiary/aromatic N) is 2. The first-order chi connectivity index (χ1) is 7.23. The molecule has 0 heterocycles. The molecule has 16 heavy (non-hydrogen) atoms. The third kappa shape index (κ3) is 2.29. The predicted molar refractivity (Wildman–Crippen MR) is 49.6 cm³/mol. The summed E-state index contributed by atoms with van der Waals surface area (Å²) in [5.74, 6) is 0. The minimum atomic E-state index is -4.63. The van der Waals surface area contributed by atoms with Crippen LogP contribution < -0.4 is 0 Å². The number of nitro benzene ring substituents is 2. The first-order valence-corrected chi connectivity index (χ1v) is 5.08. The molecule has 0 saturated carbocycles. The van der Waals surface area contributed by atoms with E-state index in [1.165, 1.54) is 0 Å². The minimum absolute atomic E-state index is 0.424. The molecule has 0 amide bonds. The molecule has 0 saturated heterocycles. The number of nitro groups is 2. The average molecular weight is 248 g/mol. The lowest BCUT2D eigenvalue weighted by Gasteiger charge is -1.97. The number of rotatable bonds is 3. The first kappa shape index (κ1) is 12.0. The summed E-state index contributed by atoms with van der Waals surface area (Å²) in [6.45, 7) is 0. The van der Waals surface area contributed by atoms with E-state index in [0.717, 1.165) is 0 Å². The van der Waals surface area contributed by atoms with Crippen LogP contribution in [0, 0.1) is 20.2 Å². The molecule has 0 aliphatic rings. The van der Waals surface area contributed by atoms with Gasteiger partial charge in [-0.1, -0.05) is 0 Å². The lowest BCUT2D eigenvalue weighted by molar-refractivity contribution is -0.422. The topological polar surface area (TPSA) is 141 Å². The monoisotopic (exact) mass is 248 g/mol. The van der Waals surface area contributed by atoms with Crippen molar-refractivity contribution in [1.29, 1.82) is 0 Å². The van der Waals surface area contributed by atoms with Crippen molar-refractivity contribution in [3.05, 3.63) is 38.4 Å². The van der Waals surface area contributed by atoms with E-state index in [4.69, 9.17) is 4.55 Å². The van der Waals surface area contributed by atoms with Gasteiger partial charge in [0.25, 0.3) is 10.1 Å². The molecule has 86 valence electrons. The van der Waals surface area contributed by atoms with Gasteiger partial charge in [-0.3, -0.25) is 24.8 Å². The molecule has 0 atom stereocenters. The Kier molecular flexibility index (Phi) is 2.87. The SMILES string of the molecule is O=[N+]([O-])c1ccc(S(=O)(=O)O)cc1[N+](=O)[O-]. The maximum atomic E-state index is 10.7. The normalized spacial score (nSPS) is 11.1. The molecule has 0 aliphatic carbocycles. The predicted octanol–water partition coefficient (Wildman–Crippen LogP) is 0.750. The number of hydrogen-bond acceptors (Lipinski definition) is 6. The highest BCUT2D eigenvalue weighted by molar-refractivity contribution is 7.85. The van der Waals surface area contributed by atoms with Gasteiger partial charge in [-0.25, -0.2) is 0 Å². The van der Waals surface area contributed by atoms with Gasteiger partial charge in [0, 0.05) is 12.1 Å². The van der Waals surface area contributed by atoms with Crippen LogP contribution in [-0.4, -0.2) is 22.8 Å². The van der Waals surface area contributed by atoms with E-state index in [1.807, 2.05) is 0 Å². The summed E-state index contributed by atoms with van der Waals surface area (Å²) in [7, 11) is -4.63. The molecule has 0 fully saturated rings. The van der Waals surface area contributed by atoms with Gasteiger partial charge in [0.2, 0.25) is 0 Å². The Labute approximate surface area is 88.4 Å². The Bertz CT molecular complexity index is 564. The highest BCUT2D eigenvalue weighted by atomic mass is 32.2. The van der Waals surface area contributed by atoms with Crippen molar-refractivity contribution in [2.75, 3.05) is 0 Å². The van der Waals surface area contributed by atoms with Gasteiger partial charge in [0.05, 0.1) is 9.85 Å². The van der Waals surface area contributed by atoms with Crippen molar-refractivity contribution < 1.29 is 22.8 Å². The third-order valence-electron chi connectivity index (χ3n) is 1.64. The lowest BCUT2D eigenvalue weighted by Crippen LogP contribution is -2.02. The van der Waals surface area contributed by atoms with Gasteiger partial charge in [-0.2, -0.15) is 8.42 Å². The van der Waals surface area contributed by atoms with Crippen molar-refractivity contribution in [3.63, 3.8) is 0 Å². The van der Waals surface area contributed by atoms with Gasteiger partial charge in [0.1, 0.15) is 4.90 Å². The Morgan fingerprint density at radius 3 is 1.94 bits per heavy atom. The molecule has 10 heteroatoms. The van der Waals surface area contributed by atoms with Crippen molar-refractivity contribution in [3.8, 4) is 0 Å². The van der Waals surface area contributed by atoms with Gasteiger partial charge in [-0.15, -0.1) is 0 Å². The van der Waals surface area contributed by atoms with Crippen molar-refractivity contribution in [2.24, 2.45) is 0 Å². The van der Waals surface area contributed by atoms with Crippen LogP contribution >= 0.6 is 0 Å². The minimum Gasteiger partial charge on any atom is -0.282 e. The molecule has 1 aromatic rings. The molecule has 0 radical (unpaired) electrons. The van der Waals surface area contributed by atoms with Crippen molar-refractivity contribution in [1.82, 2.24) is 0 Å². The van der Waals surface area contributed by atoms with E-state index in [1.54, 1.807) is 0 Å². The second kappa shape index (κ2) is 3.83. The Hall–Kier alpha value is -2.07. The molecule has 0 aliphatic heterocycles. The Balaban J connectivity index is 3.52. The van der Waals surface area contributed by atoms with Crippen molar-refractivity contribution in [2.45, 2.75) is 4.90 Å². The standard InChI is InChI=1S/C6H4N2O7S/c9-7(10)5-2-1-4(16(13,14)15)3-6(5)8(11)12/h1-3H,(H,13,14,15). The summed E-state index contributed by atoms with van der Waals surface area (Å²) in [4.78, 5) is 17.9. The summed E-state index contributed by atoms with van der Waals surface area (Å²) < 4.78 is 29.9. The average Bonchev–Trinajstić information content (AvgIpc) is 2.15. The van der Waals surface area contributed by atoms with Crippen LogP contribution in [0.25, 0.3) is 0 Å². The maximum Gasteiger partial charge on any atom is 0.347 e. The summed E-state index contributed by atoms with van der Waals surface area (Å²) in [5.41, 5.74) is -1.85. The molecule has 9 nitrogen and oxygen atoms in total. The van der Waals surface area contributed by atoms with E-state index < -0.39 is 36.2 Å². The molecular formula is C6H4N2O7S. The molecule has 1 rings (SSSR count). The zero-order valence-corrected chi connectivity index (χ0v) is 8.25. The quantitative estimate of drug-likeness (QED) is 0.472. The fraction of sp³-hybridized carbons (Fsp3) is 0. The largest absolute Gasteiger partial charge is 0.347 e. The van der Waals surface area contributed by atoms with E-state index in [-0.39, 0.29) is 0 Å². The molecule has 1 N–H and O–H groups in total. The summed E-state index contributed by atoms with van der Waals surface area (Å²) >= 11 is 0. The highest BCUT2D eigenvalue weighted by Gasteiger charge is 2.26. The fourth-order valence-corrected chi connectivity index (χ4v) is 1.46. The second-order valence-corrected chi connectivity index (χ2v) is 4.06. The van der Waals surface area contributed by atoms with Crippen LogP contribution in [0.15, 0.2) is 23.1 Å². The van der Waals surface area contributed by atoms with Gasteiger partial charge >= 0.3 is 11.4 Å². The molecular weight excluding hydrogens is 244 g/mol. The van der Waals surface area contributed by atoms with Gasteiger partial charge < -0.3 is 0 Å². The molecule has 0 unspecified atom stereocenters. The van der Waals surface area contributed by atoms with Crippen LogP contribution in [-0.2, 0) is 10.1 Å². The zero-order chi connectivity index (χ0) is 12.5. The van der Waals surface area contributed by atoms with E-state index in [0.29, 0.717) is 18.2 Å². The molecule has 0 aromatic heterocycles. The van der Waals surface area contributed by atoms with E-state index in [2.05, 4.69) is 0 Å². The number of benzene rings is 1. The lowest BCUT2D eigenvalue weighted by atomic mass is 10.3. The van der Waals surface area contributed by atoms with E-state index >= 15 is 0 Å². The molecule has 0 spiro atoms. The molecule has 1 aromatic carbocycles. The number of hydrogen-bond donors (Lipinski definition) is 1. The van der Waals surface area contributed by atoms with Crippen LogP contribution in [0.2, 0.25) is 0 Å². The van der Waals surface area contributed by atoms with Gasteiger partial charge in [-0.05, 0) is 6.07 Å². The first-order valence-electron chi connectivity index (χ1n) is 3.64. The summed E-state index contributed by atoms with van der Waals surface area (Å²) in [6.07, 6.45) is 0. The van der Waals surface area contributed by atoms with Crippen LogP contribution in [0.5, 0.6) is 0 Å². The highest BCUT2D eigenvalue weighted by Crippen LogP contribution is 2.28. The second-order valence-electron chi connectivity index (χ2n) is 2.64. The summed E-state index contributed by atoms with van der Waals surface area (Å²) in [6, 6.07) is 1.77. The Morgan fingerprint density at radius 2 is 1.56 bits per heavy atom. The molecule has 0 bridgehead atoms. The van der Waals surface area contributed by atoms with Crippen LogP contribution in [0.4, 0.5) is 11.4 Å². The zero-order valence-electron chi connectivity index (χ0n) is 7.43. The fourth-order valence-electron chi connectivity index (χ4n) is 0.964. The summed E-state index contributed by atoms with van der Waals surface area (Å²) in [5, 5.41) is 20.8. The van der Waals surface area contributed by atoms with Crippen molar-refractivity contribution >= 4 is 21.5 Å². The van der Waals surface area contributed by atoms with Crippen LogP contribution in [0.1, 0.15) is 0 Å². The third-order valence-corrected chi connectivity index (χ3v) is 2.49. The van der Waals surface area contributed by atoms with Gasteiger partial charge in [0.15, 0.2) is 0 Å². The Morgan fingerprint density at radius 1 is 1.06 bits per heavy atom. The van der Waals surface area contributed by atoms with E-state index in [9.17, 15) is 28.6 Å². The maximum absolute atomic E-state index is 10.7.